The average molecular weight is 314 g/mol. The maximum Gasteiger partial charge on any atom is 0.275 e. The molecule has 1 atom stereocenters. The Labute approximate surface area is 121 Å². The molecule has 104 valence electrons. The molecule has 0 N–H and O–H groups in total. The molecule has 0 radical (unpaired) electrons. The Morgan fingerprint density at radius 3 is 2.45 bits per heavy atom. The summed E-state index contributed by atoms with van der Waals surface area (Å²) in [6.07, 6.45) is 0. The van der Waals surface area contributed by atoms with Crippen LogP contribution in [0.1, 0.15) is 5.56 Å². The Hall–Kier alpha value is -1.79. The maximum atomic E-state index is 12.8. The zero-order valence-electron chi connectivity index (χ0n) is 10.1. The van der Waals surface area contributed by atoms with E-state index < -0.39 is 21.5 Å². The number of benzene rings is 2. The van der Waals surface area contributed by atoms with Gasteiger partial charge in [0.2, 0.25) is 0 Å². The molecule has 0 aliphatic heterocycles. The molecule has 7 heteroatoms. The summed E-state index contributed by atoms with van der Waals surface area (Å²) in [7, 11) is -1.49. The molecule has 0 fully saturated rings. The van der Waals surface area contributed by atoms with Gasteiger partial charge in [-0.15, -0.1) is 0 Å². The van der Waals surface area contributed by atoms with Crippen LogP contribution in [0.4, 0.5) is 10.1 Å². The highest BCUT2D eigenvalue weighted by Gasteiger charge is 2.17. The molecular formula is C13H9ClFNO3S. The fourth-order valence-corrected chi connectivity index (χ4v) is 2.94. The van der Waals surface area contributed by atoms with Crippen LogP contribution in [0.3, 0.4) is 0 Å². The van der Waals surface area contributed by atoms with E-state index in [1.54, 1.807) is 0 Å². The van der Waals surface area contributed by atoms with Crippen LogP contribution in [0.5, 0.6) is 0 Å². The van der Waals surface area contributed by atoms with Crippen molar-refractivity contribution in [3.05, 3.63) is 69.0 Å². The molecule has 2 aromatic carbocycles. The minimum Gasteiger partial charge on any atom is -0.258 e. The van der Waals surface area contributed by atoms with Crippen LogP contribution in [0.15, 0.2) is 47.4 Å². The molecule has 0 aromatic heterocycles. The van der Waals surface area contributed by atoms with Gasteiger partial charge in [0.1, 0.15) is 5.82 Å². The Morgan fingerprint density at radius 2 is 1.85 bits per heavy atom. The molecule has 0 aliphatic carbocycles. The van der Waals surface area contributed by atoms with Crippen molar-refractivity contribution in [2.24, 2.45) is 0 Å². The molecule has 4 nitrogen and oxygen atoms in total. The largest absolute Gasteiger partial charge is 0.275 e. The molecule has 0 saturated heterocycles. The summed E-state index contributed by atoms with van der Waals surface area (Å²) in [5.74, 6) is -0.456. The van der Waals surface area contributed by atoms with Gasteiger partial charge in [0.05, 0.1) is 21.5 Å². The molecule has 0 spiro atoms. The van der Waals surface area contributed by atoms with E-state index in [1.807, 2.05) is 0 Å². The smallest absolute Gasteiger partial charge is 0.258 e. The number of rotatable bonds is 4. The highest BCUT2D eigenvalue weighted by atomic mass is 35.5. The van der Waals surface area contributed by atoms with Crippen LogP contribution >= 0.6 is 11.6 Å². The van der Waals surface area contributed by atoms with Gasteiger partial charge in [-0.1, -0.05) is 11.6 Å². The lowest BCUT2D eigenvalue weighted by Gasteiger charge is -2.04. The first kappa shape index (κ1) is 14.6. The lowest BCUT2D eigenvalue weighted by atomic mass is 10.2. The van der Waals surface area contributed by atoms with Crippen LogP contribution in [0, 0.1) is 15.9 Å². The SMILES string of the molecule is O=[N+]([O-])c1cc(Cl)ccc1CS(=O)c1ccc(F)cc1. The van der Waals surface area contributed by atoms with E-state index in [0.29, 0.717) is 10.5 Å². The van der Waals surface area contributed by atoms with Gasteiger partial charge in [0, 0.05) is 21.5 Å². The first-order chi connectivity index (χ1) is 9.47. The minimum absolute atomic E-state index is 0.0287. The highest BCUT2D eigenvalue weighted by Crippen LogP contribution is 2.25. The molecular weight excluding hydrogens is 305 g/mol. The van der Waals surface area contributed by atoms with E-state index in [1.165, 1.54) is 42.5 Å². The van der Waals surface area contributed by atoms with Gasteiger partial charge >= 0.3 is 0 Å². The van der Waals surface area contributed by atoms with Crippen molar-refractivity contribution in [1.82, 2.24) is 0 Å². The summed E-state index contributed by atoms with van der Waals surface area (Å²) in [5.41, 5.74) is 0.148. The first-order valence-electron chi connectivity index (χ1n) is 5.54. The lowest BCUT2D eigenvalue weighted by molar-refractivity contribution is -0.385. The predicted molar refractivity (Wildman–Crippen MR) is 74.6 cm³/mol. The van der Waals surface area contributed by atoms with Crippen molar-refractivity contribution < 1.29 is 13.5 Å². The van der Waals surface area contributed by atoms with E-state index in [4.69, 9.17) is 11.6 Å². The van der Waals surface area contributed by atoms with E-state index in [2.05, 4.69) is 0 Å². The quantitative estimate of drug-likeness (QED) is 0.639. The number of nitro benzene ring substituents is 1. The van der Waals surface area contributed by atoms with Crippen LogP contribution in [-0.4, -0.2) is 9.13 Å². The van der Waals surface area contributed by atoms with Crippen molar-refractivity contribution in [2.75, 3.05) is 0 Å². The zero-order chi connectivity index (χ0) is 14.7. The third kappa shape index (κ3) is 3.40. The van der Waals surface area contributed by atoms with Gasteiger partial charge in [-0.2, -0.15) is 0 Å². The number of nitrogens with zero attached hydrogens (tertiary/aromatic N) is 1. The van der Waals surface area contributed by atoms with Gasteiger partial charge in [-0.3, -0.25) is 14.3 Å². The molecule has 0 bridgehead atoms. The molecule has 2 rings (SSSR count). The summed E-state index contributed by atoms with van der Waals surface area (Å²) < 4.78 is 24.9. The van der Waals surface area contributed by atoms with Crippen molar-refractivity contribution in [1.29, 1.82) is 0 Å². The van der Waals surface area contributed by atoms with Gasteiger partial charge in [0.15, 0.2) is 0 Å². The Balaban J connectivity index is 2.28. The molecule has 20 heavy (non-hydrogen) atoms. The van der Waals surface area contributed by atoms with Gasteiger partial charge in [-0.25, -0.2) is 4.39 Å². The standard InChI is InChI=1S/C13H9ClFNO3S/c14-10-2-1-9(13(7-10)16(17)18)8-20(19)12-5-3-11(15)4-6-12/h1-7H,8H2. The summed E-state index contributed by atoms with van der Waals surface area (Å²) in [6.45, 7) is 0. The van der Waals surface area contributed by atoms with Crippen molar-refractivity contribution in [2.45, 2.75) is 10.6 Å². The number of nitro groups is 1. The summed E-state index contributed by atoms with van der Waals surface area (Å²) in [4.78, 5) is 10.8. The third-order valence-corrected chi connectivity index (χ3v) is 4.21. The van der Waals surface area contributed by atoms with E-state index in [-0.39, 0.29) is 16.5 Å². The fraction of sp³-hybridized carbons (Fsp3) is 0.0769. The Kier molecular flexibility index (Phi) is 4.46. The summed E-state index contributed by atoms with van der Waals surface area (Å²) >= 11 is 5.71. The van der Waals surface area contributed by atoms with E-state index in [0.717, 1.165) is 0 Å². The molecule has 2 aromatic rings. The number of hydrogen-bond donors (Lipinski definition) is 0. The van der Waals surface area contributed by atoms with E-state index >= 15 is 0 Å². The van der Waals surface area contributed by atoms with Crippen LogP contribution in [-0.2, 0) is 16.6 Å². The lowest BCUT2D eigenvalue weighted by Crippen LogP contribution is -2.01. The highest BCUT2D eigenvalue weighted by molar-refractivity contribution is 7.84. The molecule has 0 aliphatic rings. The van der Waals surface area contributed by atoms with Crippen molar-refractivity contribution in [3.63, 3.8) is 0 Å². The number of hydrogen-bond acceptors (Lipinski definition) is 3. The predicted octanol–water partition coefficient (Wildman–Crippen LogP) is 3.70. The second kappa shape index (κ2) is 6.11. The minimum atomic E-state index is -1.49. The second-order valence-electron chi connectivity index (χ2n) is 3.97. The monoisotopic (exact) mass is 313 g/mol. The first-order valence-corrected chi connectivity index (χ1v) is 7.24. The van der Waals surface area contributed by atoms with Crippen LogP contribution < -0.4 is 0 Å². The normalized spacial score (nSPS) is 12.1. The fourth-order valence-electron chi connectivity index (χ4n) is 1.64. The summed E-state index contributed by atoms with van der Waals surface area (Å²) in [5, 5.41) is 11.2. The number of halogens is 2. The summed E-state index contributed by atoms with van der Waals surface area (Å²) in [6, 6.07) is 9.39. The average Bonchev–Trinajstić information content (AvgIpc) is 2.41. The van der Waals surface area contributed by atoms with Gasteiger partial charge < -0.3 is 0 Å². The second-order valence-corrected chi connectivity index (χ2v) is 5.86. The van der Waals surface area contributed by atoms with Crippen LogP contribution in [0.25, 0.3) is 0 Å². The molecule has 0 saturated carbocycles. The Bertz CT molecular complexity index is 676. The molecule has 1 unspecified atom stereocenters. The molecule has 0 heterocycles. The maximum absolute atomic E-state index is 12.8. The zero-order valence-corrected chi connectivity index (χ0v) is 11.7. The van der Waals surface area contributed by atoms with E-state index in [9.17, 15) is 18.7 Å². The topological polar surface area (TPSA) is 60.2 Å². The van der Waals surface area contributed by atoms with Crippen molar-refractivity contribution >= 4 is 28.1 Å². The van der Waals surface area contributed by atoms with Gasteiger partial charge in [-0.05, 0) is 36.4 Å². The van der Waals surface area contributed by atoms with Crippen molar-refractivity contribution in [3.8, 4) is 0 Å². The Morgan fingerprint density at radius 1 is 1.20 bits per heavy atom. The van der Waals surface area contributed by atoms with Crippen LogP contribution in [0.2, 0.25) is 5.02 Å². The third-order valence-electron chi connectivity index (χ3n) is 2.61. The molecule has 0 amide bonds. The van der Waals surface area contributed by atoms with Gasteiger partial charge in [0.25, 0.3) is 5.69 Å².